The van der Waals surface area contributed by atoms with Crippen molar-refractivity contribution in [3.8, 4) is 5.75 Å². The summed E-state index contributed by atoms with van der Waals surface area (Å²) in [6.45, 7) is 5.10. The first-order chi connectivity index (χ1) is 16.0. The van der Waals surface area contributed by atoms with Gasteiger partial charge in [-0.3, -0.25) is 9.59 Å². The number of benzene rings is 3. The second-order valence-corrected chi connectivity index (χ2v) is 8.33. The first-order valence-electron chi connectivity index (χ1n) is 11.6. The van der Waals surface area contributed by atoms with Crippen LogP contribution in [0, 0.1) is 0 Å². The molecule has 33 heavy (non-hydrogen) atoms. The Morgan fingerprint density at radius 3 is 2.48 bits per heavy atom. The predicted molar refractivity (Wildman–Crippen MR) is 130 cm³/mol. The number of fused-ring (bicyclic) bond motifs is 1. The Morgan fingerprint density at radius 1 is 0.939 bits per heavy atom. The van der Waals surface area contributed by atoms with Crippen molar-refractivity contribution in [2.45, 2.75) is 39.2 Å². The van der Waals surface area contributed by atoms with Crippen LogP contribution in [0.5, 0.6) is 5.75 Å². The topological polar surface area (TPSA) is 66.8 Å². The molecular weight excluding hydrogens is 414 g/mol. The minimum Gasteiger partial charge on any atom is -0.507 e. The Morgan fingerprint density at radius 2 is 1.73 bits per heavy atom. The monoisotopic (exact) mass is 443 g/mol. The van der Waals surface area contributed by atoms with Crippen molar-refractivity contribution in [3.05, 3.63) is 83.4 Å². The Kier molecular flexibility index (Phi) is 6.78. The maximum absolute atomic E-state index is 13.2. The molecule has 1 fully saturated rings. The first-order valence-corrected chi connectivity index (χ1v) is 11.6. The largest absolute Gasteiger partial charge is 0.507 e. The van der Waals surface area contributed by atoms with Crippen LogP contribution < -0.4 is 4.74 Å². The maximum Gasteiger partial charge on any atom is 0.295 e. The van der Waals surface area contributed by atoms with Crippen LogP contribution in [0.15, 0.2) is 72.3 Å². The van der Waals surface area contributed by atoms with Crippen molar-refractivity contribution in [1.29, 1.82) is 0 Å². The number of carbonyl (C=O) groups excluding carboxylic acids is 2. The van der Waals surface area contributed by atoms with Crippen molar-refractivity contribution < 1.29 is 19.4 Å². The van der Waals surface area contributed by atoms with Crippen LogP contribution in [0.4, 0.5) is 0 Å². The molecule has 5 nitrogen and oxygen atoms in total. The summed E-state index contributed by atoms with van der Waals surface area (Å²) in [5.41, 5.74) is 1.39. The van der Waals surface area contributed by atoms with Crippen LogP contribution in [0.1, 0.15) is 50.3 Å². The van der Waals surface area contributed by atoms with Gasteiger partial charge >= 0.3 is 0 Å². The number of unbranched alkanes of at least 4 members (excludes halogenated alkanes) is 1. The van der Waals surface area contributed by atoms with Crippen LogP contribution in [0.2, 0.25) is 0 Å². The molecule has 0 bridgehead atoms. The molecule has 0 spiro atoms. The summed E-state index contributed by atoms with van der Waals surface area (Å²) < 4.78 is 5.79. The zero-order valence-electron chi connectivity index (χ0n) is 19.1. The number of ketones is 1. The highest BCUT2D eigenvalue weighted by molar-refractivity contribution is 6.46. The van der Waals surface area contributed by atoms with Gasteiger partial charge in [-0.1, -0.05) is 68.8 Å². The highest BCUT2D eigenvalue weighted by atomic mass is 16.5. The zero-order valence-corrected chi connectivity index (χ0v) is 19.1. The summed E-state index contributed by atoms with van der Waals surface area (Å²) in [5.74, 6) is -0.693. The molecule has 1 N–H and O–H groups in total. The second-order valence-electron chi connectivity index (χ2n) is 8.33. The quantitative estimate of drug-likeness (QED) is 0.269. The van der Waals surface area contributed by atoms with Crippen LogP contribution >= 0.6 is 0 Å². The average molecular weight is 444 g/mol. The molecule has 0 saturated carbocycles. The van der Waals surface area contributed by atoms with Gasteiger partial charge in [-0.25, -0.2) is 0 Å². The van der Waals surface area contributed by atoms with E-state index >= 15 is 0 Å². The van der Waals surface area contributed by atoms with E-state index in [1.807, 2.05) is 74.5 Å². The van der Waals surface area contributed by atoms with Crippen molar-refractivity contribution in [3.63, 3.8) is 0 Å². The summed E-state index contributed by atoms with van der Waals surface area (Å²) in [6.07, 6.45) is 2.53. The molecule has 1 aliphatic rings. The lowest BCUT2D eigenvalue weighted by atomic mass is 9.94. The van der Waals surface area contributed by atoms with Gasteiger partial charge in [0, 0.05) is 12.1 Å². The van der Waals surface area contributed by atoms with E-state index in [0.29, 0.717) is 24.5 Å². The summed E-state index contributed by atoms with van der Waals surface area (Å²) in [7, 11) is 0. The second kappa shape index (κ2) is 9.90. The lowest BCUT2D eigenvalue weighted by Gasteiger charge is -2.25. The van der Waals surface area contributed by atoms with Crippen molar-refractivity contribution in [2.24, 2.45) is 0 Å². The fourth-order valence-corrected chi connectivity index (χ4v) is 4.27. The van der Waals surface area contributed by atoms with Crippen LogP contribution in [-0.4, -0.2) is 34.8 Å². The Hall–Kier alpha value is -3.60. The van der Waals surface area contributed by atoms with Gasteiger partial charge in [-0.15, -0.1) is 0 Å². The fourth-order valence-electron chi connectivity index (χ4n) is 4.27. The van der Waals surface area contributed by atoms with E-state index in [1.165, 1.54) is 0 Å². The van der Waals surface area contributed by atoms with Crippen LogP contribution in [0.3, 0.4) is 0 Å². The van der Waals surface area contributed by atoms with E-state index in [1.54, 1.807) is 11.0 Å². The number of aliphatic hydroxyl groups excluding tert-OH is 1. The predicted octanol–water partition coefficient (Wildman–Crippen LogP) is 5.85. The molecule has 0 radical (unpaired) electrons. The fraction of sp³-hybridized carbons (Fsp3) is 0.286. The molecule has 1 unspecified atom stereocenters. The number of likely N-dealkylation sites (tertiary alicyclic amines) is 1. The molecule has 5 heteroatoms. The van der Waals surface area contributed by atoms with E-state index in [2.05, 4.69) is 0 Å². The van der Waals surface area contributed by atoms with Gasteiger partial charge in [-0.05, 0) is 47.4 Å². The molecule has 1 saturated heterocycles. The van der Waals surface area contributed by atoms with Crippen molar-refractivity contribution >= 4 is 28.2 Å². The first kappa shape index (κ1) is 22.6. The third kappa shape index (κ3) is 4.49. The summed E-state index contributed by atoms with van der Waals surface area (Å²) in [4.78, 5) is 27.7. The molecule has 1 aliphatic heterocycles. The highest BCUT2D eigenvalue weighted by Crippen LogP contribution is 2.40. The van der Waals surface area contributed by atoms with Gasteiger partial charge in [0.25, 0.3) is 11.7 Å². The third-order valence-electron chi connectivity index (χ3n) is 5.96. The molecule has 0 aromatic heterocycles. The normalized spacial score (nSPS) is 17.6. The number of ether oxygens (including phenoxy) is 1. The lowest BCUT2D eigenvalue weighted by molar-refractivity contribution is -0.139. The van der Waals surface area contributed by atoms with Gasteiger partial charge < -0.3 is 14.7 Å². The van der Waals surface area contributed by atoms with Crippen molar-refractivity contribution in [1.82, 2.24) is 4.90 Å². The summed E-state index contributed by atoms with van der Waals surface area (Å²) in [6, 6.07) is 20.2. The van der Waals surface area contributed by atoms with Gasteiger partial charge in [-0.2, -0.15) is 0 Å². The number of rotatable bonds is 8. The van der Waals surface area contributed by atoms with Crippen LogP contribution in [-0.2, 0) is 9.59 Å². The van der Waals surface area contributed by atoms with Gasteiger partial charge in [0.1, 0.15) is 11.5 Å². The third-order valence-corrected chi connectivity index (χ3v) is 5.96. The smallest absolute Gasteiger partial charge is 0.295 e. The standard InChI is InChI=1S/C28H29NO4/c1-3-5-15-29-25(21-11-8-12-23(18-21)33-16-4-2)24(27(31)28(29)32)26(30)22-14-13-19-9-6-7-10-20(19)17-22/h6-14,17-18,25,30H,3-5,15-16H2,1-2H3/b26-24-. The van der Waals surface area contributed by atoms with Gasteiger partial charge in [0.05, 0.1) is 18.2 Å². The van der Waals surface area contributed by atoms with E-state index in [9.17, 15) is 14.7 Å². The number of hydrogen-bond donors (Lipinski definition) is 1. The number of carbonyl (C=O) groups is 2. The molecular formula is C28H29NO4. The molecule has 1 amide bonds. The minimum atomic E-state index is -0.659. The van der Waals surface area contributed by atoms with Crippen molar-refractivity contribution in [2.75, 3.05) is 13.2 Å². The van der Waals surface area contributed by atoms with E-state index in [0.717, 1.165) is 35.6 Å². The molecule has 4 rings (SSSR count). The molecule has 1 heterocycles. The molecule has 0 aliphatic carbocycles. The van der Waals surface area contributed by atoms with E-state index < -0.39 is 17.7 Å². The average Bonchev–Trinajstić information content (AvgIpc) is 3.10. The molecule has 170 valence electrons. The van der Waals surface area contributed by atoms with Gasteiger partial charge in [0.15, 0.2) is 0 Å². The molecule has 3 aromatic rings. The zero-order chi connectivity index (χ0) is 23.4. The van der Waals surface area contributed by atoms with Crippen LogP contribution in [0.25, 0.3) is 16.5 Å². The SMILES string of the molecule is CCCCN1C(=O)C(=O)/C(=C(\O)c2ccc3ccccc3c2)C1c1cccc(OCCC)c1. The number of hydrogen-bond acceptors (Lipinski definition) is 4. The van der Waals surface area contributed by atoms with Gasteiger partial charge in [0.2, 0.25) is 0 Å². The van der Waals surface area contributed by atoms with E-state index in [4.69, 9.17) is 4.74 Å². The summed E-state index contributed by atoms with van der Waals surface area (Å²) in [5, 5.41) is 13.3. The summed E-state index contributed by atoms with van der Waals surface area (Å²) >= 11 is 0. The highest BCUT2D eigenvalue weighted by Gasteiger charge is 2.45. The number of aliphatic hydroxyl groups is 1. The van der Waals surface area contributed by atoms with E-state index in [-0.39, 0.29) is 11.3 Å². The number of amides is 1. The Balaban J connectivity index is 1.84. The maximum atomic E-state index is 13.2. The lowest BCUT2D eigenvalue weighted by Crippen LogP contribution is -2.30. The molecule has 3 aromatic carbocycles. The Labute approximate surface area is 194 Å². The molecule has 1 atom stereocenters. The number of nitrogens with zero attached hydrogens (tertiary/aromatic N) is 1. The minimum absolute atomic E-state index is 0.124. The Bertz CT molecular complexity index is 1210. The number of Topliss-reactive ketones (excluding diaryl/α,β-unsaturated/α-hetero) is 1.